The van der Waals surface area contributed by atoms with E-state index in [1.165, 1.54) is 11.3 Å². The van der Waals surface area contributed by atoms with Crippen molar-refractivity contribution in [3.63, 3.8) is 0 Å². The van der Waals surface area contributed by atoms with Gasteiger partial charge in [0.1, 0.15) is 11.8 Å². The molecule has 160 valence electrons. The van der Waals surface area contributed by atoms with Crippen molar-refractivity contribution in [1.82, 2.24) is 10.3 Å². The average Bonchev–Trinajstić information content (AvgIpc) is 3.24. The molecule has 0 spiro atoms. The summed E-state index contributed by atoms with van der Waals surface area (Å²) in [5.74, 6) is -0.196. The van der Waals surface area contributed by atoms with Crippen molar-refractivity contribution < 1.29 is 18.0 Å². The van der Waals surface area contributed by atoms with E-state index in [2.05, 4.69) is 15.6 Å². The van der Waals surface area contributed by atoms with Gasteiger partial charge in [-0.25, -0.2) is 4.98 Å². The van der Waals surface area contributed by atoms with Gasteiger partial charge in [-0.15, -0.1) is 11.3 Å². The summed E-state index contributed by atoms with van der Waals surface area (Å²) in [6, 6.07) is 11.4. The first-order valence-electron chi connectivity index (χ1n) is 9.86. The smallest absolute Gasteiger partial charge is 0.382 e. The Balaban J connectivity index is 1.41. The third-order valence-electron chi connectivity index (χ3n) is 5.38. The summed E-state index contributed by atoms with van der Waals surface area (Å²) in [6.45, 7) is 0. The first-order valence-corrected chi connectivity index (χ1v) is 10.7. The number of rotatable bonds is 4. The summed E-state index contributed by atoms with van der Waals surface area (Å²) in [5, 5.41) is 17.4. The van der Waals surface area contributed by atoms with Gasteiger partial charge in [0.15, 0.2) is 0 Å². The lowest BCUT2D eigenvalue weighted by Crippen LogP contribution is -2.40. The van der Waals surface area contributed by atoms with E-state index in [4.69, 9.17) is 5.26 Å². The summed E-state index contributed by atoms with van der Waals surface area (Å²) >= 11 is 1.23. The van der Waals surface area contributed by atoms with Crippen LogP contribution in [0.4, 0.5) is 18.9 Å². The van der Waals surface area contributed by atoms with Gasteiger partial charge in [-0.2, -0.15) is 18.4 Å². The van der Waals surface area contributed by atoms with Crippen LogP contribution in [0.2, 0.25) is 0 Å². The van der Waals surface area contributed by atoms with Crippen molar-refractivity contribution in [2.24, 2.45) is 0 Å². The SMILES string of the molecule is N#Cc1csc(C(=O)NC2CCC(Nc3cc(C(F)(F)F)nc4ccccc34)CC2)c1. The highest BCUT2D eigenvalue weighted by Gasteiger charge is 2.34. The fourth-order valence-corrected chi connectivity index (χ4v) is 4.55. The molecule has 0 radical (unpaired) electrons. The Morgan fingerprint density at radius 1 is 1.13 bits per heavy atom. The van der Waals surface area contributed by atoms with Crippen molar-refractivity contribution in [1.29, 1.82) is 5.26 Å². The molecule has 0 bridgehead atoms. The van der Waals surface area contributed by atoms with E-state index in [0.717, 1.165) is 31.7 Å². The number of hydrogen-bond donors (Lipinski definition) is 2. The minimum absolute atomic E-state index is 0.00175. The summed E-state index contributed by atoms with van der Waals surface area (Å²) in [7, 11) is 0. The Labute approximate surface area is 180 Å². The van der Waals surface area contributed by atoms with Crippen molar-refractivity contribution in [3.8, 4) is 6.07 Å². The molecule has 2 N–H and O–H groups in total. The molecule has 1 aromatic carbocycles. The van der Waals surface area contributed by atoms with Crippen LogP contribution in [-0.4, -0.2) is 23.0 Å². The zero-order valence-electron chi connectivity index (χ0n) is 16.4. The van der Waals surface area contributed by atoms with Gasteiger partial charge < -0.3 is 10.6 Å². The molecule has 1 aliphatic carbocycles. The highest BCUT2D eigenvalue weighted by molar-refractivity contribution is 7.12. The topological polar surface area (TPSA) is 77.8 Å². The van der Waals surface area contributed by atoms with Crippen LogP contribution >= 0.6 is 11.3 Å². The van der Waals surface area contributed by atoms with Crippen molar-refractivity contribution in [2.75, 3.05) is 5.32 Å². The Bertz CT molecular complexity index is 1140. The third-order valence-corrected chi connectivity index (χ3v) is 6.31. The maximum atomic E-state index is 13.3. The summed E-state index contributed by atoms with van der Waals surface area (Å²) in [5.41, 5.74) is 0.273. The van der Waals surface area contributed by atoms with Crippen LogP contribution in [-0.2, 0) is 6.18 Å². The molecule has 0 aliphatic heterocycles. The number of aromatic nitrogens is 1. The summed E-state index contributed by atoms with van der Waals surface area (Å²) in [6.07, 6.45) is -1.65. The van der Waals surface area contributed by atoms with Gasteiger partial charge in [0, 0.05) is 28.5 Å². The van der Waals surface area contributed by atoms with Crippen LogP contribution in [0, 0.1) is 11.3 Å². The zero-order chi connectivity index (χ0) is 22.0. The molecular formula is C22H19F3N4OS. The van der Waals surface area contributed by atoms with Gasteiger partial charge in [0.05, 0.1) is 16.0 Å². The molecule has 1 amide bonds. The minimum atomic E-state index is -4.52. The van der Waals surface area contributed by atoms with Crippen LogP contribution in [0.1, 0.15) is 46.6 Å². The standard InChI is InChI=1S/C22H19F3N4OS/c23-22(24,25)20-10-18(16-3-1-2-4-17(16)29-20)27-14-5-7-15(8-6-14)28-21(30)19-9-13(11-26)12-31-19/h1-4,9-10,12,14-15H,5-8H2,(H,27,29)(H,28,30). The monoisotopic (exact) mass is 444 g/mol. The van der Waals surface area contributed by atoms with Gasteiger partial charge in [-0.05, 0) is 43.9 Å². The van der Waals surface area contributed by atoms with Gasteiger partial charge in [0.25, 0.3) is 5.91 Å². The molecule has 2 heterocycles. The van der Waals surface area contributed by atoms with E-state index in [1.807, 2.05) is 6.07 Å². The van der Waals surface area contributed by atoms with E-state index in [0.29, 0.717) is 27.0 Å². The Kier molecular flexibility index (Phi) is 5.83. The number of hydrogen-bond acceptors (Lipinski definition) is 5. The van der Waals surface area contributed by atoms with E-state index in [-0.39, 0.29) is 18.0 Å². The number of pyridine rings is 1. The summed E-state index contributed by atoms with van der Waals surface area (Å²) in [4.78, 5) is 16.6. The van der Waals surface area contributed by atoms with Crippen LogP contribution < -0.4 is 10.6 Å². The molecule has 2 aromatic heterocycles. The number of halogens is 3. The lowest BCUT2D eigenvalue weighted by atomic mass is 9.90. The third kappa shape index (κ3) is 4.80. The molecule has 1 aliphatic rings. The van der Waals surface area contributed by atoms with Crippen molar-refractivity contribution >= 4 is 33.8 Å². The zero-order valence-corrected chi connectivity index (χ0v) is 17.2. The number of benzene rings is 1. The number of fused-ring (bicyclic) bond motifs is 1. The molecule has 0 unspecified atom stereocenters. The Hall–Kier alpha value is -3.12. The second-order valence-electron chi connectivity index (χ2n) is 7.55. The lowest BCUT2D eigenvalue weighted by molar-refractivity contribution is -0.140. The van der Waals surface area contributed by atoms with Crippen molar-refractivity contribution in [3.05, 3.63) is 57.9 Å². The van der Waals surface area contributed by atoms with Gasteiger partial charge >= 0.3 is 6.18 Å². The lowest BCUT2D eigenvalue weighted by Gasteiger charge is -2.30. The number of carbonyl (C=O) groups is 1. The van der Waals surface area contributed by atoms with E-state index < -0.39 is 11.9 Å². The number of carbonyl (C=O) groups excluding carboxylic acids is 1. The fraction of sp³-hybridized carbons (Fsp3) is 0.318. The van der Waals surface area contributed by atoms with E-state index >= 15 is 0 Å². The van der Waals surface area contributed by atoms with E-state index in [1.54, 1.807) is 35.7 Å². The van der Waals surface area contributed by atoms with E-state index in [9.17, 15) is 18.0 Å². The Morgan fingerprint density at radius 2 is 1.84 bits per heavy atom. The number of nitriles is 1. The molecule has 1 saturated carbocycles. The maximum Gasteiger partial charge on any atom is 0.433 e. The van der Waals surface area contributed by atoms with Gasteiger partial charge in [-0.1, -0.05) is 18.2 Å². The molecule has 0 atom stereocenters. The second kappa shape index (κ2) is 8.55. The van der Waals surface area contributed by atoms with Crippen molar-refractivity contribution in [2.45, 2.75) is 43.9 Å². The normalized spacial score (nSPS) is 19.0. The number of amides is 1. The number of alkyl halides is 3. The van der Waals surface area contributed by atoms with Crippen LogP contribution in [0.15, 0.2) is 41.8 Å². The van der Waals surface area contributed by atoms with Crippen LogP contribution in [0.3, 0.4) is 0 Å². The fourth-order valence-electron chi connectivity index (χ4n) is 3.81. The molecule has 1 fully saturated rings. The molecular weight excluding hydrogens is 425 g/mol. The first kappa shape index (κ1) is 21.1. The van der Waals surface area contributed by atoms with Gasteiger partial charge in [-0.3, -0.25) is 4.79 Å². The number of nitrogens with zero attached hydrogens (tertiary/aromatic N) is 2. The first-order chi connectivity index (χ1) is 14.8. The molecule has 5 nitrogen and oxygen atoms in total. The quantitative estimate of drug-likeness (QED) is 0.569. The molecule has 9 heteroatoms. The molecule has 4 rings (SSSR count). The summed E-state index contributed by atoms with van der Waals surface area (Å²) < 4.78 is 39.8. The second-order valence-corrected chi connectivity index (χ2v) is 8.46. The largest absolute Gasteiger partial charge is 0.433 e. The Morgan fingerprint density at radius 3 is 2.52 bits per heavy atom. The van der Waals surface area contributed by atoms with Crippen LogP contribution in [0.5, 0.6) is 0 Å². The molecule has 31 heavy (non-hydrogen) atoms. The number of para-hydroxylation sites is 1. The average molecular weight is 444 g/mol. The van der Waals surface area contributed by atoms with Gasteiger partial charge in [0.2, 0.25) is 0 Å². The predicted molar refractivity (Wildman–Crippen MR) is 113 cm³/mol. The highest BCUT2D eigenvalue weighted by Crippen LogP contribution is 2.34. The van der Waals surface area contributed by atoms with Crippen LogP contribution in [0.25, 0.3) is 10.9 Å². The molecule has 0 saturated heterocycles. The maximum absolute atomic E-state index is 13.3. The number of anilines is 1. The number of thiophene rings is 1. The predicted octanol–water partition coefficient (Wildman–Crippen LogP) is 5.34. The molecule has 3 aromatic rings. The number of nitrogens with one attached hydrogen (secondary N) is 2. The minimum Gasteiger partial charge on any atom is -0.382 e. The highest BCUT2D eigenvalue weighted by atomic mass is 32.1.